The zero-order valence-corrected chi connectivity index (χ0v) is 8.61. The predicted molar refractivity (Wildman–Crippen MR) is 56.6 cm³/mol. The lowest BCUT2D eigenvalue weighted by Gasteiger charge is -2.37. The Morgan fingerprint density at radius 3 is 2.38 bits per heavy atom. The van der Waals surface area contributed by atoms with Crippen molar-refractivity contribution in [2.24, 2.45) is 11.8 Å². The molecule has 0 aromatic rings. The lowest BCUT2D eigenvalue weighted by molar-refractivity contribution is 0.177. The Labute approximate surface area is 81.1 Å². The number of hydrogen-bond donors (Lipinski definition) is 0. The fourth-order valence-corrected chi connectivity index (χ4v) is 2.55. The summed E-state index contributed by atoms with van der Waals surface area (Å²) < 4.78 is 0. The molecule has 3 atom stereocenters. The molecule has 0 amide bonds. The molecule has 2 unspecified atom stereocenters. The van der Waals surface area contributed by atoms with Gasteiger partial charge in [0.1, 0.15) is 0 Å². The molecule has 2 rings (SSSR count). The first-order valence-electron chi connectivity index (χ1n) is 5.29. The minimum absolute atomic E-state index is 0.803. The van der Waals surface area contributed by atoms with Crippen molar-refractivity contribution in [2.45, 2.75) is 25.3 Å². The van der Waals surface area contributed by atoms with Crippen LogP contribution in [0.2, 0.25) is 0 Å². The third kappa shape index (κ3) is 1.86. The normalized spacial score (nSPS) is 37.9. The molecule has 0 radical (unpaired) electrons. The summed E-state index contributed by atoms with van der Waals surface area (Å²) in [7, 11) is 4.40. The zero-order valence-electron chi connectivity index (χ0n) is 8.61. The fourth-order valence-electron chi connectivity index (χ4n) is 2.55. The summed E-state index contributed by atoms with van der Waals surface area (Å²) in [6.07, 6.45) is 13.3. The number of hydrogen-bond acceptors (Lipinski definition) is 1. The Morgan fingerprint density at radius 2 is 1.69 bits per heavy atom. The van der Waals surface area contributed by atoms with Gasteiger partial charge in [0.05, 0.1) is 0 Å². The van der Waals surface area contributed by atoms with Gasteiger partial charge in [0.2, 0.25) is 0 Å². The number of allylic oxidation sites excluding steroid dienone is 4. The number of fused-ring (bicyclic) bond motifs is 1. The third-order valence-corrected chi connectivity index (χ3v) is 3.49. The van der Waals surface area contributed by atoms with Crippen molar-refractivity contribution in [3.05, 3.63) is 24.3 Å². The SMILES string of the molecule is CN(C)[C@H]1CCC2C=CC=CC2C1. The van der Waals surface area contributed by atoms with E-state index < -0.39 is 0 Å². The van der Waals surface area contributed by atoms with Crippen LogP contribution in [0.25, 0.3) is 0 Å². The Morgan fingerprint density at radius 1 is 1.00 bits per heavy atom. The predicted octanol–water partition coefficient (Wildman–Crippen LogP) is 2.46. The van der Waals surface area contributed by atoms with Gasteiger partial charge in [-0.15, -0.1) is 0 Å². The lowest BCUT2D eigenvalue weighted by atomic mass is 9.75. The standard InChI is InChI=1S/C12H19N/c1-13(2)12-8-7-10-5-3-4-6-11(10)9-12/h3-6,10-12H,7-9H2,1-2H3/t10?,11?,12-/m0/s1. The summed E-state index contributed by atoms with van der Waals surface area (Å²) >= 11 is 0. The maximum absolute atomic E-state index is 2.39. The average Bonchev–Trinajstić information content (AvgIpc) is 2.17. The van der Waals surface area contributed by atoms with Gasteiger partial charge in [-0.05, 0) is 45.2 Å². The average molecular weight is 177 g/mol. The van der Waals surface area contributed by atoms with E-state index in [9.17, 15) is 0 Å². The highest BCUT2D eigenvalue weighted by Crippen LogP contribution is 2.35. The molecule has 0 saturated heterocycles. The summed E-state index contributed by atoms with van der Waals surface area (Å²) in [4.78, 5) is 2.38. The highest BCUT2D eigenvalue weighted by atomic mass is 15.1. The van der Waals surface area contributed by atoms with Crippen molar-refractivity contribution in [3.63, 3.8) is 0 Å². The van der Waals surface area contributed by atoms with E-state index >= 15 is 0 Å². The Hall–Kier alpha value is -0.560. The van der Waals surface area contributed by atoms with Gasteiger partial charge in [-0.3, -0.25) is 0 Å². The molecule has 0 aromatic heterocycles. The van der Waals surface area contributed by atoms with Gasteiger partial charge in [-0.1, -0.05) is 24.3 Å². The number of rotatable bonds is 1. The maximum Gasteiger partial charge on any atom is 0.00952 e. The minimum atomic E-state index is 0.803. The van der Waals surface area contributed by atoms with Crippen LogP contribution < -0.4 is 0 Å². The van der Waals surface area contributed by atoms with Crippen LogP contribution in [-0.4, -0.2) is 25.0 Å². The molecule has 1 fully saturated rings. The first-order valence-corrected chi connectivity index (χ1v) is 5.29. The molecule has 0 heterocycles. The molecule has 72 valence electrons. The molecule has 1 heteroatoms. The zero-order chi connectivity index (χ0) is 9.26. The first-order chi connectivity index (χ1) is 6.27. The maximum atomic E-state index is 2.39. The van der Waals surface area contributed by atoms with E-state index in [2.05, 4.69) is 43.3 Å². The van der Waals surface area contributed by atoms with Crippen molar-refractivity contribution in [1.82, 2.24) is 4.90 Å². The van der Waals surface area contributed by atoms with Gasteiger partial charge >= 0.3 is 0 Å². The molecule has 0 N–H and O–H groups in total. The largest absolute Gasteiger partial charge is 0.306 e. The quantitative estimate of drug-likeness (QED) is 0.594. The van der Waals surface area contributed by atoms with Crippen LogP contribution >= 0.6 is 0 Å². The minimum Gasteiger partial charge on any atom is -0.306 e. The van der Waals surface area contributed by atoms with E-state index in [4.69, 9.17) is 0 Å². The monoisotopic (exact) mass is 177 g/mol. The van der Waals surface area contributed by atoms with Gasteiger partial charge < -0.3 is 4.90 Å². The Balaban J connectivity index is 2.00. The van der Waals surface area contributed by atoms with Crippen LogP contribution in [0.4, 0.5) is 0 Å². The molecule has 13 heavy (non-hydrogen) atoms. The van der Waals surface area contributed by atoms with Crippen molar-refractivity contribution in [1.29, 1.82) is 0 Å². The smallest absolute Gasteiger partial charge is 0.00952 e. The van der Waals surface area contributed by atoms with Crippen molar-refractivity contribution >= 4 is 0 Å². The second-order valence-electron chi connectivity index (χ2n) is 4.53. The Kier molecular flexibility index (Phi) is 2.54. The summed E-state index contributed by atoms with van der Waals surface area (Å²) in [5, 5.41) is 0. The highest BCUT2D eigenvalue weighted by molar-refractivity contribution is 5.15. The van der Waals surface area contributed by atoms with E-state index in [0.29, 0.717) is 0 Å². The molecule has 1 nitrogen and oxygen atoms in total. The fraction of sp³-hybridized carbons (Fsp3) is 0.667. The molecule has 0 spiro atoms. The van der Waals surface area contributed by atoms with Crippen molar-refractivity contribution in [3.8, 4) is 0 Å². The lowest BCUT2D eigenvalue weighted by Crippen LogP contribution is -2.36. The van der Waals surface area contributed by atoms with Gasteiger partial charge in [0.25, 0.3) is 0 Å². The molecule has 2 aliphatic carbocycles. The van der Waals surface area contributed by atoms with E-state index in [1.165, 1.54) is 19.3 Å². The van der Waals surface area contributed by atoms with E-state index in [1.807, 2.05) is 0 Å². The summed E-state index contributed by atoms with van der Waals surface area (Å²) in [6.45, 7) is 0. The Bertz CT molecular complexity index is 227. The summed E-state index contributed by atoms with van der Waals surface area (Å²) in [5.41, 5.74) is 0. The van der Waals surface area contributed by atoms with Crippen LogP contribution in [0.3, 0.4) is 0 Å². The molecule has 0 aromatic carbocycles. The molecule has 0 bridgehead atoms. The highest BCUT2D eigenvalue weighted by Gasteiger charge is 2.28. The molecular weight excluding hydrogens is 158 g/mol. The van der Waals surface area contributed by atoms with E-state index in [0.717, 1.165) is 17.9 Å². The molecule has 0 aliphatic heterocycles. The second kappa shape index (κ2) is 3.67. The number of nitrogens with zero attached hydrogens (tertiary/aromatic N) is 1. The molecule has 2 aliphatic rings. The first kappa shape index (κ1) is 9.01. The van der Waals surface area contributed by atoms with Crippen LogP contribution in [-0.2, 0) is 0 Å². The molecule has 1 saturated carbocycles. The van der Waals surface area contributed by atoms with Gasteiger partial charge in [-0.2, -0.15) is 0 Å². The van der Waals surface area contributed by atoms with Crippen LogP contribution in [0.1, 0.15) is 19.3 Å². The summed E-state index contributed by atoms with van der Waals surface area (Å²) in [6, 6.07) is 0.803. The van der Waals surface area contributed by atoms with E-state index in [1.54, 1.807) is 0 Å². The second-order valence-corrected chi connectivity index (χ2v) is 4.53. The summed E-state index contributed by atoms with van der Waals surface area (Å²) in [5.74, 6) is 1.65. The van der Waals surface area contributed by atoms with E-state index in [-0.39, 0.29) is 0 Å². The van der Waals surface area contributed by atoms with Crippen LogP contribution in [0.5, 0.6) is 0 Å². The van der Waals surface area contributed by atoms with Crippen LogP contribution in [0, 0.1) is 11.8 Å². The van der Waals surface area contributed by atoms with Crippen molar-refractivity contribution < 1.29 is 0 Å². The van der Waals surface area contributed by atoms with Gasteiger partial charge in [0.15, 0.2) is 0 Å². The van der Waals surface area contributed by atoms with Crippen molar-refractivity contribution in [2.75, 3.05) is 14.1 Å². The topological polar surface area (TPSA) is 3.24 Å². The molecular formula is C12H19N. The van der Waals surface area contributed by atoms with Crippen LogP contribution in [0.15, 0.2) is 24.3 Å². The van der Waals surface area contributed by atoms with Gasteiger partial charge in [-0.25, -0.2) is 0 Å². The van der Waals surface area contributed by atoms with Gasteiger partial charge in [0, 0.05) is 6.04 Å². The third-order valence-electron chi connectivity index (χ3n) is 3.49.